The van der Waals surface area contributed by atoms with Gasteiger partial charge in [-0.3, -0.25) is 0 Å². The Morgan fingerprint density at radius 1 is 1.43 bits per heavy atom. The van der Waals surface area contributed by atoms with E-state index in [0.29, 0.717) is 0 Å². The monoisotopic (exact) mass is 189 g/mol. The fraction of sp³-hybridized carbons (Fsp3) is 0.200. The van der Waals surface area contributed by atoms with Crippen LogP contribution in [-0.4, -0.2) is 20.1 Å². The maximum Gasteiger partial charge on any atom is 0.116 e. The highest BCUT2D eigenvalue weighted by Gasteiger charge is 2.04. The second kappa shape index (κ2) is 3.49. The van der Waals surface area contributed by atoms with Crippen molar-refractivity contribution in [1.29, 1.82) is 0 Å². The lowest BCUT2D eigenvalue weighted by molar-refractivity contribution is 0.475. The Hall–Kier alpha value is -1.84. The first-order chi connectivity index (χ1) is 6.81. The van der Waals surface area contributed by atoms with Crippen LogP contribution in [0.15, 0.2) is 30.5 Å². The quantitative estimate of drug-likeness (QED) is 0.781. The maximum absolute atomic E-state index is 9.33. The Balaban J connectivity index is 2.49. The smallest absolute Gasteiger partial charge is 0.116 e. The fourth-order valence-corrected chi connectivity index (χ4v) is 1.38. The van der Waals surface area contributed by atoms with Crippen molar-refractivity contribution in [1.82, 2.24) is 15.0 Å². The normalized spacial score (nSPS) is 10.4. The van der Waals surface area contributed by atoms with Crippen molar-refractivity contribution in [3.63, 3.8) is 0 Å². The molecule has 0 unspecified atom stereocenters. The van der Waals surface area contributed by atoms with Gasteiger partial charge in [0.1, 0.15) is 5.75 Å². The summed E-state index contributed by atoms with van der Waals surface area (Å²) in [7, 11) is 0. The Labute approximate surface area is 81.8 Å². The van der Waals surface area contributed by atoms with E-state index < -0.39 is 0 Å². The van der Waals surface area contributed by atoms with Crippen molar-refractivity contribution in [2.45, 2.75) is 13.5 Å². The van der Waals surface area contributed by atoms with Gasteiger partial charge in [-0.25, -0.2) is 4.68 Å². The molecule has 1 aromatic heterocycles. The van der Waals surface area contributed by atoms with Gasteiger partial charge in [0.25, 0.3) is 0 Å². The molecular formula is C10H11N3O. The molecule has 0 bridgehead atoms. The second-order valence-corrected chi connectivity index (χ2v) is 2.99. The average molecular weight is 189 g/mol. The third-order valence-corrected chi connectivity index (χ3v) is 2.06. The Morgan fingerprint density at radius 2 is 2.29 bits per heavy atom. The minimum atomic E-state index is 0.256. The zero-order chi connectivity index (χ0) is 9.97. The van der Waals surface area contributed by atoms with Gasteiger partial charge in [0, 0.05) is 12.1 Å². The van der Waals surface area contributed by atoms with Crippen molar-refractivity contribution in [2.24, 2.45) is 0 Å². The van der Waals surface area contributed by atoms with E-state index in [-0.39, 0.29) is 5.75 Å². The molecule has 0 atom stereocenters. The summed E-state index contributed by atoms with van der Waals surface area (Å²) in [4.78, 5) is 0. The summed E-state index contributed by atoms with van der Waals surface area (Å²) >= 11 is 0. The molecule has 0 amide bonds. The summed E-state index contributed by atoms with van der Waals surface area (Å²) in [6, 6.07) is 7.07. The van der Waals surface area contributed by atoms with E-state index in [2.05, 4.69) is 10.3 Å². The number of aromatic nitrogens is 3. The second-order valence-electron chi connectivity index (χ2n) is 2.99. The molecule has 1 N–H and O–H groups in total. The third kappa shape index (κ3) is 1.46. The van der Waals surface area contributed by atoms with Crippen LogP contribution in [0.1, 0.15) is 6.92 Å². The maximum atomic E-state index is 9.33. The van der Waals surface area contributed by atoms with Crippen LogP contribution in [-0.2, 0) is 6.54 Å². The van der Waals surface area contributed by atoms with Crippen LogP contribution in [0, 0.1) is 0 Å². The molecule has 1 aromatic carbocycles. The number of benzene rings is 1. The minimum absolute atomic E-state index is 0.256. The molecule has 0 spiro atoms. The molecule has 0 aliphatic heterocycles. The fourth-order valence-electron chi connectivity index (χ4n) is 1.38. The lowest BCUT2D eigenvalue weighted by atomic mass is 10.1. The van der Waals surface area contributed by atoms with E-state index in [9.17, 15) is 5.11 Å². The molecule has 0 fully saturated rings. The van der Waals surface area contributed by atoms with Crippen molar-refractivity contribution < 1.29 is 5.11 Å². The predicted molar refractivity (Wildman–Crippen MR) is 52.8 cm³/mol. The first kappa shape index (κ1) is 8.74. The van der Waals surface area contributed by atoms with Crippen molar-refractivity contribution >= 4 is 0 Å². The number of phenolic OH excluding ortho intramolecular Hbond substituents is 1. The molecule has 0 saturated carbocycles. The van der Waals surface area contributed by atoms with Gasteiger partial charge in [0.2, 0.25) is 0 Å². The number of rotatable bonds is 2. The molecule has 0 radical (unpaired) electrons. The van der Waals surface area contributed by atoms with E-state index in [1.54, 1.807) is 29.1 Å². The number of hydrogen-bond donors (Lipinski definition) is 1. The average Bonchev–Trinajstić information content (AvgIpc) is 2.65. The summed E-state index contributed by atoms with van der Waals surface area (Å²) in [5.41, 5.74) is 1.85. The molecule has 1 heterocycles. The summed E-state index contributed by atoms with van der Waals surface area (Å²) in [6.07, 6.45) is 1.69. The van der Waals surface area contributed by atoms with Crippen LogP contribution in [0.4, 0.5) is 0 Å². The molecule has 0 aliphatic carbocycles. The molecule has 14 heavy (non-hydrogen) atoms. The van der Waals surface area contributed by atoms with Crippen LogP contribution in [0.25, 0.3) is 11.3 Å². The molecule has 4 nitrogen and oxygen atoms in total. The van der Waals surface area contributed by atoms with E-state index in [1.807, 2.05) is 13.0 Å². The highest BCUT2D eigenvalue weighted by molar-refractivity contribution is 5.60. The van der Waals surface area contributed by atoms with Gasteiger partial charge >= 0.3 is 0 Å². The van der Waals surface area contributed by atoms with Gasteiger partial charge in [-0.1, -0.05) is 17.3 Å². The molecule has 0 saturated heterocycles. The van der Waals surface area contributed by atoms with Gasteiger partial charge in [-0.15, -0.1) is 5.10 Å². The first-order valence-electron chi connectivity index (χ1n) is 4.49. The topological polar surface area (TPSA) is 50.9 Å². The van der Waals surface area contributed by atoms with Crippen molar-refractivity contribution in [2.75, 3.05) is 0 Å². The molecule has 2 aromatic rings. The highest BCUT2D eigenvalue weighted by atomic mass is 16.3. The van der Waals surface area contributed by atoms with Gasteiger partial charge in [-0.2, -0.15) is 0 Å². The third-order valence-electron chi connectivity index (χ3n) is 2.06. The standard InChI is InChI=1S/C10H11N3O/c1-2-13-10(7-11-12-13)8-4-3-5-9(14)6-8/h3-7,14H,2H2,1H3. The van der Waals surface area contributed by atoms with Gasteiger partial charge in [0.15, 0.2) is 0 Å². The lowest BCUT2D eigenvalue weighted by Crippen LogP contribution is -1.98. The predicted octanol–water partition coefficient (Wildman–Crippen LogP) is 1.67. The summed E-state index contributed by atoms with van der Waals surface area (Å²) in [5.74, 6) is 0.256. The van der Waals surface area contributed by atoms with E-state index >= 15 is 0 Å². The molecule has 72 valence electrons. The van der Waals surface area contributed by atoms with E-state index in [1.165, 1.54) is 0 Å². The number of phenols is 1. The van der Waals surface area contributed by atoms with Crippen molar-refractivity contribution in [3.05, 3.63) is 30.5 Å². The van der Waals surface area contributed by atoms with E-state index in [0.717, 1.165) is 17.8 Å². The van der Waals surface area contributed by atoms with Crippen LogP contribution in [0.2, 0.25) is 0 Å². The number of hydrogen-bond acceptors (Lipinski definition) is 3. The number of nitrogens with zero attached hydrogens (tertiary/aromatic N) is 3. The number of aryl methyl sites for hydroxylation is 1. The van der Waals surface area contributed by atoms with Crippen LogP contribution >= 0.6 is 0 Å². The molecule has 4 heteroatoms. The Morgan fingerprint density at radius 3 is 3.00 bits per heavy atom. The van der Waals surface area contributed by atoms with Crippen LogP contribution < -0.4 is 0 Å². The molecular weight excluding hydrogens is 178 g/mol. The lowest BCUT2D eigenvalue weighted by Gasteiger charge is -2.02. The zero-order valence-corrected chi connectivity index (χ0v) is 7.88. The Kier molecular flexibility index (Phi) is 2.18. The molecule has 0 aliphatic rings. The SMILES string of the molecule is CCn1nncc1-c1cccc(O)c1. The van der Waals surface area contributed by atoms with Crippen LogP contribution in [0.5, 0.6) is 5.75 Å². The highest BCUT2D eigenvalue weighted by Crippen LogP contribution is 2.21. The van der Waals surface area contributed by atoms with Gasteiger partial charge in [0.05, 0.1) is 11.9 Å². The number of aromatic hydroxyl groups is 1. The minimum Gasteiger partial charge on any atom is -0.508 e. The summed E-state index contributed by atoms with van der Waals surface area (Å²) in [6.45, 7) is 2.77. The van der Waals surface area contributed by atoms with Crippen molar-refractivity contribution in [3.8, 4) is 17.0 Å². The van der Waals surface area contributed by atoms with Gasteiger partial charge < -0.3 is 5.11 Å². The zero-order valence-electron chi connectivity index (χ0n) is 7.88. The Bertz CT molecular complexity index is 436. The summed E-state index contributed by atoms with van der Waals surface area (Å²) < 4.78 is 1.79. The summed E-state index contributed by atoms with van der Waals surface area (Å²) in [5, 5.41) is 17.1. The first-order valence-corrected chi connectivity index (χ1v) is 4.49. The largest absolute Gasteiger partial charge is 0.508 e. The van der Waals surface area contributed by atoms with Gasteiger partial charge in [-0.05, 0) is 19.1 Å². The van der Waals surface area contributed by atoms with E-state index in [4.69, 9.17) is 0 Å². The van der Waals surface area contributed by atoms with Crippen LogP contribution in [0.3, 0.4) is 0 Å². The molecule has 2 rings (SSSR count).